The molecule has 0 N–H and O–H groups in total. The summed E-state index contributed by atoms with van der Waals surface area (Å²) in [7, 11) is 0. The molecule has 0 fully saturated rings. The summed E-state index contributed by atoms with van der Waals surface area (Å²) in [6.07, 6.45) is 1.79. The number of hydrogen-bond donors (Lipinski definition) is 0. The van der Waals surface area contributed by atoms with Gasteiger partial charge in [-0.1, -0.05) is 62.7 Å². The summed E-state index contributed by atoms with van der Waals surface area (Å²) in [4.78, 5) is 4.40. The van der Waals surface area contributed by atoms with Crippen LogP contribution in [-0.2, 0) is 25.5 Å². The Morgan fingerprint density at radius 3 is 2.18 bits per heavy atom. The van der Waals surface area contributed by atoms with Crippen LogP contribution in [0.15, 0.2) is 83.4 Å². The Labute approximate surface area is 180 Å². The summed E-state index contributed by atoms with van der Waals surface area (Å²) in [5, 5.41) is 0. The normalized spacial score (nSPS) is 11.1. The van der Waals surface area contributed by atoms with Crippen LogP contribution in [0.25, 0.3) is 33.9 Å². The van der Waals surface area contributed by atoms with Crippen LogP contribution < -0.4 is 0 Å². The van der Waals surface area contributed by atoms with Gasteiger partial charge in [-0.2, -0.15) is 0 Å². The second-order valence-corrected chi connectivity index (χ2v) is 7.70. The van der Waals surface area contributed by atoms with Gasteiger partial charge in [0.05, 0.1) is 0 Å². The standard InChI is InChI=1S/C25H22NO.Ir/c1-25(2,3)21-12-10-18(11-13-21)23-14-15-24(27-23)20-8-6-7-19(17-20)22-9-4-5-16-26-22;/h4-6,8-17H,1-3H3;/q-1;. The van der Waals surface area contributed by atoms with Crippen molar-refractivity contribution in [2.45, 2.75) is 26.2 Å². The van der Waals surface area contributed by atoms with E-state index in [4.69, 9.17) is 4.42 Å². The maximum atomic E-state index is 6.14. The molecule has 0 saturated heterocycles. The topological polar surface area (TPSA) is 26.0 Å². The summed E-state index contributed by atoms with van der Waals surface area (Å²) >= 11 is 0. The van der Waals surface area contributed by atoms with Crippen molar-refractivity contribution in [1.82, 2.24) is 4.98 Å². The molecule has 3 heteroatoms. The zero-order chi connectivity index (χ0) is 18.9. The maximum Gasteiger partial charge on any atom is 0.134 e. The first kappa shape index (κ1) is 20.3. The summed E-state index contributed by atoms with van der Waals surface area (Å²) in [6.45, 7) is 6.66. The van der Waals surface area contributed by atoms with Crippen molar-refractivity contribution in [3.63, 3.8) is 0 Å². The Kier molecular flexibility index (Phi) is 5.98. The predicted molar refractivity (Wildman–Crippen MR) is 110 cm³/mol. The monoisotopic (exact) mass is 545 g/mol. The largest absolute Gasteiger partial charge is 0.458 e. The summed E-state index contributed by atoms with van der Waals surface area (Å²) in [6, 6.07) is 27.8. The number of benzene rings is 2. The first-order valence-electron chi connectivity index (χ1n) is 9.15. The third kappa shape index (κ3) is 4.32. The molecule has 0 bridgehead atoms. The summed E-state index contributed by atoms with van der Waals surface area (Å²) < 4.78 is 6.14. The van der Waals surface area contributed by atoms with Crippen LogP contribution in [0.4, 0.5) is 0 Å². The van der Waals surface area contributed by atoms with Crippen molar-refractivity contribution in [3.05, 3.63) is 90.6 Å². The third-order valence-electron chi connectivity index (χ3n) is 4.67. The van der Waals surface area contributed by atoms with Crippen molar-refractivity contribution in [1.29, 1.82) is 0 Å². The molecule has 143 valence electrons. The van der Waals surface area contributed by atoms with Crippen molar-refractivity contribution < 1.29 is 24.5 Å². The molecule has 2 nitrogen and oxygen atoms in total. The number of hydrogen-bond acceptors (Lipinski definition) is 2. The molecule has 0 aliphatic rings. The predicted octanol–water partition coefficient (Wildman–Crippen LogP) is 6.77. The van der Waals surface area contributed by atoms with Crippen LogP contribution in [0.3, 0.4) is 0 Å². The van der Waals surface area contributed by atoms with Crippen LogP contribution in [0.5, 0.6) is 0 Å². The molecule has 0 spiro atoms. The molecule has 0 amide bonds. The van der Waals surface area contributed by atoms with Gasteiger partial charge < -0.3 is 9.40 Å². The van der Waals surface area contributed by atoms with Gasteiger partial charge in [0.1, 0.15) is 11.5 Å². The van der Waals surface area contributed by atoms with Gasteiger partial charge in [0.2, 0.25) is 0 Å². The van der Waals surface area contributed by atoms with Crippen LogP contribution in [0.1, 0.15) is 26.3 Å². The van der Waals surface area contributed by atoms with Gasteiger partial charge in [0.15, 0.2) is 0 Å². The zero-order valence-electron chi connectivity index (χ0n) is 16.2. The maximum absolute atomic E-state index is 6.14. The van der Waals surface area contributed by atoms with Gasteiger partial charge in [-0.15, -0.1) is 29.8 Å². The SMILES string of the molecule is CC(C)(C)c1ccc(-c2ccc(-c3cc[c-]c(-c4ccccn4)c3)o2)cc1.[Ir]. The molecular formula is C25H22IrNO-. The molecule has 4 aromatic rings. The number of nitrogens with zero attached hydrogens (tertiary/aromatic N) is 1. The average molecular weight is 545 g/mol. The van der Waals surface area contributed by atoms with E-state index in [1.54, 1.807) is 6.20 Å². The van der Waals surface area contributed by atoms with Crippen LogP contribution in [-0.4, -0.2) is 4.98 Å². The van der Waals surface area contributed by atoms with Crippen molar-refractivity contribution in [2.24, 2.45) is 0 Å². The fourth-order valence-electron chi connectivity index (χ4n) is 3.07. The Hall–Kier alpha value is -2.48. The number of furan rings is 1. The van der Waals surface area contributed by atoms with E-state index in [0.29, 0.717) is 0 Å². The summed E-state index contributed by atoms with van der Waals surface area (Å²) in [5.74, 6) is 1.72. The van der Waals surface area contributed by atoms with Gasteiger partial charge in [-0.3, -0.25) is 0 Å². The second kappa shape index (κ2) is 8.26. The average Bonchev–Trinajstić information content (AvgIpc) is 3.19. The molecule has 2 aromatic carbocycles. The quantitative estimate of drug-likeness (QED) is 0.266. The van der Waals surface area contributed by atoms with Crippen molar-refractivity contribution >= 4 is 0 Å². The smallest absolute Gasteiger partial charge is 0.134 e. The molecule has 0 unspecified atom stereocenters. The van der Waals surface area contributed by atoms with Gasteiger partial charge in [0.25, 0.3) is 0 Å². The minimum atomic E-state index is 0. The molecule has 0 saturated carbocycles. The molecule has 2 aromatic heterocycles. The Morgan fingerprint density at radius 1 is 0.821 bits per heavy atom. The van der Waals surface area contributed by atoms with E-state index in [-0.39, 0.29) is 25.5 Å². The van der Waals surface area contributed by atoms with Gasteiger partial charge in [-0.05, 0) is 34.9 Å². The van der Waals surface area contributed by atoms with Crippen LogP contribution in [0, 0.1) is 6.07 Å². The second-order valence-electron chi connectivity index (χ2n) is 7.70. The third-order valence-corrected chi connectivity index (χ3v) is 4.67. The molecule has 2 heterocycles. The van der Waals surface area contributed by atoms with Gasteiger partial charge in [0, 0.05) is 31.9 Å². The molecule has 0 aliphatic heterocycles. The Bertz CT molecular complexity index is 1040. The van der Waals surface area contributed by atoms with E-state index in [1.807, 2.05) is 42.5 Å². The van der Waals surface area contributed by atoms with E-state index in [1.165, 1.54) is 5.56 Å². The minimum absolute atomic E-state index is 0. The van der Waals surface area contributed by atoms with E-state index < -0.39 is 0 Å². The fraction of sp³-hybridized carbons (Fsp3) is 0.160. The van der Waals surface area contributed by atoms with Crippen molar-refractivity contribution in [2.75, 3.05) is 0 Å². The molecule has 1 radical (unpaired) electrons. The van der Waals surface area contributed by atoms with E-state index in [0.717, 1.165) is 33.9 Å². The first-order chi connectivity index (χ1) is 13.0. The van der Waals surface area contributed by atoms with Gasteiger partial charge in [-0.25, -0.2) is 0 Å². The fourth-order valence-corrected chi connectivity index (χ4v) is 3.07. The van der Waals surface area contributed by atoms with E-state index in [2.05, 4.69) is 62.2 Å². The number of aromatic nitrogens is 1. The molecule has 0 atom stereocenters. The van der Waals surface area contributed by atoms with Crippen LogP contribution in [0.2, 0.25) is 0 Å². The Morgan fingerprint density at radius 2 is 1.54 bits per heavy atom. The van der Waals surface area contributed by atoms with Crippen LogP contribution >= 0.6 is 0 Å². The van der Waals surface area contributed by atoms with E-state index >= 15 is 0 Å². The van der Waals surface area contributed by atoms with Crippen molar-refractivity contribution in [3.8, 4) is 33.9 Å². The summed E-state index contributed by atoms with van der Waals surface area (Å²) in [5.41, 5.74) is 5.43. The zero-order valence-corrected chi connectivity index (χ0v) is 18.6. The minimum Gasteiger partial charge on any atom is -0.458 e. The first-order valence-corrected chi connectivity index (χ1v) is 9.15. The number of rotatable bonds is 3. The van der Waals surface area contributed by atoms with E-state index in [9.17, 15) is 0 Å². The molecule has 0 aliphatic carbocycles. The Balaban J connectivity index is 0.00000225. The molecular weight excluding hydrogens is 522 g/mol. The molecule has 4 rings (SSSR count). The number of pyridine rings is 1. The van der Waals surface area contributed by atoms with Gasteiger partial charge >= 0.3 is 0 Å². The molecule has 28 heavy (non-hydrogen) atoms.